The normalized spacial score (nSPS) is 26.9. The van der Waals surface area contributed by atoms with Crippen molar-refractivity contribution in [2.45, 2.75) is 207 Å². The molecule has 0 saturated carbocycles. The van der Waals surface area contributed by atoms with E-state index in [4.69, 9.17) is 5.73 Å². The maximum atomic E-state index is 14.8. The summed E-state index contributed by atoms with van der Waals surface area (Å²) in [6, 6.07) is -4.98. The second-order valence-corrected chi connectivity index (χ2v) is 23.8. The second kappa shape index (κ2) is 32.1. The van der Waals surface area contributed by atoms with Crippen molar-refractivity contribution in [2.75, 3.05) is 13.1 Å². The van der Waals surface area contributed by atoms with Crippen LogP contribution in [0, 0.1) is 22.0 Å². The molecule has 2 aromatic carbocycles. The number of hydrogen-bond donors (Lipinski definition) is 15. The highest BCUT2D eigenvalue weighted by Gasteiger charge is 2.49. The zero-order chi connectivity index (χ0) is 63.0. The highest BCUT2D eigenvalue weighted by molar-refractivity contribution is 8.00. The molecule has 3 aliphatic heterocycles. The number of aromatic hydroxyl groups is 2. The van der Waals surface area contributed by atoms with E-state index in [9.17, 15) is 94.4 Å². The van der Waals surface area contributed by atoms with Crippen LogP contribution in [0.25, 0.3) is 0 Å². The average molecular weight is 1220 g/mol. The van der Waals surface area contributed by atoms with E-state index in [2.05, 4.69) is 47.4 Å². The van der Waals surface area contributed by atoms with Gasteiger partial charge in [0.1, 0.15) is 65.3 Å². The molecule has 0 radical (unpaired) electrons. The van der Waals surface area contributed by atoms with Gasteiger partial charge in [-0.2, -0.15) is 0 Å². The number of aliphatic hydroxyl groups excluding tert-OH is 7. The standard InChI is InChI=1S/C56H83N9O19S/c1-5-28(2)22-29(3)12-10-8-6-7-9-11-13-43(74)58-35-25-40(72)54(85-41-19-18-33(68)23-36(41)65(83)84)62-53(80)47-38(70)20-21-63(47)56(82)45(39(71)26-42(57)73)60-52(79)46(49(76)48(75)31-14-16-32(67)17-15-31)61-51(78)37-24-34(69)27-64(37)55(81)44(30(4)66)59-50(35)77/h14-19,23,28-30,34-35,37-40,44-49,54,66-72,75-76H,5-13,20-22,24-27H2,1-4H3,(H2,57,73)(H,58,74)(H,59,77)(H,60,79)(H,61,78)(H,62,80)/t28?,29?,30-,34-,35+,37+,38+,39-,40-,44+,45+,46+,47+,48+,49+,54-/m1/s1. The number of fused-ring (bicyclic) bond motifs is 2. The summed E-state index contributed by atoms with van der Waals surface area (Å²) in [6.45, 7) is 6.59. The molecule has 3 saturated heterocycles. The van der Waals surface area contributed by atoms with Gasteiger partial charge in [-0.15, -0.1) is 0 Å². The Morgan fingerprint density at radius 3 is 2.00 bits per heavy atom. The molecule has 0 aliphatic carbocycles. The Morgan fingerprint density at radius 2 is 1.36 bits per heavy atom. The first kappa shape index (κ1) is 69.0. The molecule has 85 heavy (non-hydrogen) atoms. The molecule has 29 heteroatoms. The summed E-state index contributed by atoms with van der Waals surface area (Å²) in [5.41, 5.74) is 4.52. The molecule has 28 nitrogen and oxygen atoms in total. The van der Waals surface area contributed by atoms with Crippen LogP contribution in [0.15, 0.2) is 47.4 Å². The number of phenolic OH excluding ortho intramolecular Hbond substituents is 2. The quantitative estimate of drug-likeness (QED) is 0.0363. The summed E-state index contributed by atoms with van der Waals surface area (Å²) in [5, 5.41) is 123. The number of hydrogen-bond acceptors (Lipinski definition) is 20. The minimum absolute atomic E-state index is 0.140. The van der Waals surface area contributed by atoms with Crippen LogP contribution in [-0.2, 0) is 38.4 Å². The predicted octanol–water partition coefficient (Wildman–Crippen LogP) is -0.927. The van der Waals surface area contributed by atoms with E-state index in [1.807, 2.05) is 0 Å². The van der Waals surface area contributed by atoms with Gasteiger partial charge < -0.3 is 88.1 Å². The summed E-state index contributed by atoms with van der Waals surface area (Å²) < 4.78 is 0. The molecule has 2 unspecified atom stereocenters. The molecule has 0 spiro atoms. The summed E-state index contributed by atoms with van der Waals surface area (Å²) in [6.07, 6.45) is -8.79. The highest BCUT2D eigenvalue weighted by atomic mass is 32.2. The lowest BCUT2D eigenvalue weighted by Gasteiger charge is -2.34. The Balaban J connectivity index is 1.58. The molecule has 5 rings (SSSR count). The van der Waals surface area contributed by atoms with Crippen LogP contribution in [-0.4, -0.2) is 199 Å². The molecule has 0 aromatic heterocycles. The van der Waals surface area contributed by atoms with Crippen molar-refractivity contribution in [2.24, 2.45) is 17.6 Å². The van der Waals surface area contributed by atoms with E-state index in [-0.39, 0.29) is 29.1 Å². The first-order valence-corrected chi connectivity index (χ1v) is 29.6. The number of nitro benzene ring substituents is 1. The number of rotatable bonds is 23. The fourth-order valence-corrected chi connectivity index (χ4v) is 11.9. The van der Waals surface area contributed by atoms with Gasteiger partial charge in [-0.25, -0.2) is 0 Å². The van der Waals surface area contributed by atoms with Crippen LogP contribution in [0.5, 0.6) is 11.5 Å². The van der Waals surface area contributed by atoms with E-state index in [0.717, 1.165) is 99.2 Å². The Hall–Kier alpha value is -6.73. The number of primary amides is 1. The molecule has 8 amide bonds. The number of nitrogens with two attached hydrogens (primary N) is 1. The van der Waals surface area contributed by atoms with Crippen molar-refractivity contribution in [3.8, 4) is 11.5 Å². The monoisotopic (exact) mass is 1220 g/mol. The lowest BCUT2D eigenvalue weighted by atomic mass is 9.91. The van der Waals surface area contributed by atoms with E-state index in [0.29, 0.717) is 41.3 Å². The molecule has 3 aliphatic rings. The lowest BCUT2D eigenvalue weighted by molar-refractivity contribution is -0.387. The molecule has 2 aromatic rings. The summed E-state index contributed by atoms with van der Waals surface area (Å²) in [5.74, 6) is -9.50. The van der Waals surface area contributed by atoms with Crippen molar-refractivity contribution < 1.29 is 89.2 Å². The van der Waals surface area contributed by atoms with Crippen LogP contribution in [0.1, 0.15) is 129 Å². The van der Waals surface area contributed by atoms with Gasteiger partial charge in [-0.3, -0.25) is 48.5 Å². The molecule has 3 heterocycles. The van der Waals surface area contributed by atoms with Gasteiger partial charge in [0.25, 0.3) is 5.69 Å². The van der Waals surface area contributed by atoms with Crippen LogP contribution in [0.2, 0.25) is 0 Å². The SMILES string of the molecule is CCC(C)CC(C)CCCCCCCCC(=O)N[C@H]1C[C@@H](O)[C@@H](Sc2ccc(O)cc2[N+](=O)[O-])NC(=O)[C@@H]2[C@@H](O)CCN2C(=O)[C@H]([C@H](O)CC(N)=O)NC(=O)[C@H]([C@H](O)[C@@H](O)c2ccc(O)cc2)NC(=O)[C@@H]2C[C@@H](O)CN2C(=O)[C@H]([C@@H](C)O)NC1=O. The molecular formula is C56H83N9O19S. The number of benzene rings is 2. The third kappa shape index (κ3) is 19.4. The van der Waals surface area contributed by atoms with Crippen molar-refractivity contribution >= 4 is 64.7 Å². The Kier molecular flexibility index (Phi) is 26.1. The number of carbonyl (C=O) groups is 8. The van der Waals surface area contributed by atoms with Crippen molar-refractivity contribution in [3.63, 3.8) is 0 Å². The summed E-state index contributed by atoms with van der Waals surface area (Å²) in [7, 11) is 0. The fourth-order valence-electron chi connectivity index (χ4n) is 10.8. The molecule has 16 N–H and O–H groups in total. The lowest BCUT2D eigenvalue weighted by Crippen LogP contribution is -2.64. The van der Waals surface area contributed by atoms with E-state index in [1.165, 1.54) is 0 Å². The van der Waals surface area contributed by atoms with E-state index < -0.39 is 180 Å². The smallest absolute Gasteiger partial charge is 0.286 e. The van der Waals surface area contributed by atoms with E-state index in [1.54, 1.807) is 0 Å². The number of unbranched alkanes of at least 4 members (excludes halogenated alkanes) is 5. The second-order valence-electron chi connectivity index (χ2n) is 22.6. The average Bonchev–Trinajstić information content (AvgIpc) is 4.32. The number of nitro groups is 1. The fraction of sp³-hybridized carbons (Fsp3) is 0.643. The Labute approximate surface area is 495 Å². The van der Waals surface area contributed by atoms with Gasteiger partial charge in [0.05, 0.1) is 52.8 Å². The maximum Gasteiger partial charge on any atom is 0.286 e. The minimum Gasteiger partial charge on any atom is -0.508 e. The number of nitrogens with zero attached hydrogens (tertiary/aromatic N) is 3. The summed E-state index contributed by atoms with van der Waals surface area (Å²) >= 11 is 0.410. The molecule has 16 atom stereocenters. The first-order chi connectivity index (χ1) is 40.1. The topological polar surface area (TPSA) is 454 Å². The maximum absolute atomic E-state index is 14.8. The Bertz CT molecular complexity index is 2660. The van der Waals surface area contributed by atoms with Gasteiger partial charge in [0.2, 0.25) is 47.3 Å². The third-order valence-corrected chi connectivity index (χ3v) is 17.0. The zero-order valence-corrected chi connectivity index (χ0v) is 48.8. The number of aliphatic hydroxyl groups is 7. The number of thioether (sulfide) groups is 1. The molecule has 472 valence electrons. The first-order valence-electron chi connectivity index (χ1n) is 28.7. The predicted molar refractivity (Wildman–Crippen MR) is 304 cm³/mol. The summed E-state index contributed by atoms with van der Waals surface area (Å²) in [4.78, 5) is 126. The molecule has 3 fully saturated rings. The van der Waals surface area contributed by atoms with Gasteiger partial charge in [-0.05, 0) is 67.9 Å². The zero-order valence-electron chi connectivity index (χ0n) is 48.0. The van der Waals surface area contributed by atoms with Crippen molar-refractivity contribution in [3.05, 3.63) is 58.1 Å². The van der Waals surface area contributed by atoms with Crippen LogP contribution in [0.3, 0.4) is 0 Å². The van der Waals surface area contributed by atoms with Crippen molar-refractivity contribution in [1.29, 1.82) is 0 Å². The number of carbonyl (C=O) groups excluding carboxylic acids is 8. The van der Waals surface area contributed by atoms with Crippen LogP contribution in [0.4, 0.5) is 5.69 Å². The molecular weight excluding hydrogens is 1130 g/mol. The largest absolute Gasteiger partial charge is 0.508 e. The van der Waals surface area contributed by atoms with Gasteiger partial charge >= 0.3 is 0 Å². The molecule has 0 bridgehead atoms. The minimum atomic E-state index is -2.41. The van der Waals surface area contributed by atoms with E-state index >= 15 is 0 Å². The number of nitrogens with one attached hydrogen (secondary N) is 5. The highest BCUT2D eigenvalue weighted by Crippen LogP contribution is 2.36. The van der Waals surface area contributed by atoms with Gasteiger partial charge in [-0.1, -0.05) is 89.6 Å². The van der Waals surface area contributed by atoms with Crippen LogP contribution < -0.4 is 32.3 Å². The van der Waals surface area contributed by atoms with Crippen LogP contribution >= 0.6 is 11.8 Å². The third-order valence-electron chi connectivity index (χ3n) is 15.7. The number of phenols is 2. The number of amides is 8. The van der Waals surface area contributed by atoms with Crippen molar-refractivity contribution in [1.82, 2.24) is 36.4 Å². The van der Waals surface area contributed by atoms with Gasteiger partial charge in [0, 0.05) is 32.4 Å². The van der Waals surface area contributed by atoms with Gasteiger partial charge in [0.15, 0.2) is 0 Å². The Morgan fingerprint density at radius 1 is 0.753 bits per heavy atom.